The van der Waals surface area contributed by atoms with Gasteiger partial charge in [0.2, 0.25) is 6.79 Å². The van der Waals surface area contributed by atoms with E-state index in [0.717, 1.165) is 5.69 Å². The molecule has 4 rings (SSSR count). The van der Waals surface area contributed by atoms with Gasteiger partial charge >= 0.3 is 0 Å². The van der Waals surface area contributed by atoms with Crippen LogP contribution in [0.15, 0.2) is 42.5 Å². The number of fused-ring (bicyclic) bond motifs is 1. The first-order chi connectivity index (χ1) is 12.3. The molecule has 0 N–H and O–H groups in total. The van der Waals surface area contributed by atoms with Crippen LogP contribution in [0.4, 0.5) is 5.69 Å². The molecule has 0 radical (unpaired) electrons. The van der Waals surface area contributed by atoms with E-state index in [9.17, 15) is 10.1 Å². The van der Waals surface area contributed by atoms with E-state index in [0.29, 0.717) is 48.8 Å². The molecule has 2 aliphatic rings. The van der Waals surface area contributed by atoms with Crippen LogP contribution in [0.25, 0.3) is 0 Å². The van der Waals surface area contributed by atoms with Gasteiger partial charge < -0.3 is 19.3 Å². The van der Waals surface area contributed by atoms with Crippen molar-refractivity contribution < 1.29 is 14.3 Å². The summed E-state index contributed by atoms with van der Waals surface area (Å²) in [5.74, 6) is 1.29. The summed E-state index contributed by atoms with van der Waals surface area (Å²) in [4.78, 5) is 16.7. The summed E-state index contributed by atoms with van der Waals surface area (Å²) in [5, 5.41) is 9.25. The predicted molar refractivity (Wildman–Crippen MR) is 91.8 cm³/mol. The Morgan fingerprint density at radius 2 is 1.76 bits per heavy atom. The van der Waals surface area contributed by atoms with Gasteiger partial charge in [0.1, 0.15) is 6.07 Å². The van der Waals surface area contributed by atoms with E-state index in [-0.39, 0.29) is 12.7 Å². The van der Waals surface area contributed by atoms with Gasteiger partial charge in [-0.25, -0.2) is 0 Å². The Balaban J connectivity index is 1.45. The lowest BCUT2D eigenvalue weighted by molar-refractivity contribution is 0.0746. The number of rotatable bonds is 2. The molecule has 2 heterocycles. The average Bonchev–Trinajstić information content (AvgIpc) is 3.15. The van der Waals surface area contributed by atoms with Gasteiger partial charge in [-0.2, -0.15) is 5.26 Å². The van der Waals surface area contributed by atoms with Gasteiger partial charge in [0.25, 0.3) is 5.91 Å². The zero-order valence-electron chi connectivity index (χ0n) is 13.6. The number of hydrogen-bond donors (Lipinski definition) is 0. The molecule has 0 bridgehead atoms. The van der Waals surface area contributed by atoms with Crippen molar-refractivity contribution >= 4 is 11.6 Å². The minimum absolute atomic E-state index is 0.00785. The molecule has 1 saturated heterocycles. The van der Waals surface area contributed by atoms with Crippen LogP contribution in [0.3, 0.4) is 0 Å². The highest BCUT2D eigenvalue weighted by molar-refractivity contribution is 5.95. The Labute approximate surface area is 145 Å². The van der Waals surface area contributed by atoms with Crippen molar-refractivity contribution in [3.63, 3.8) is 0 Å². The second-order valence-electron chi connectivity index (χ2n) is 5.98. The lowest BCUT2D eigenvalue weighted by Gasteiger charge is -2.36. The van der Waals surface area contributed by atoms with Crippen molar-refractivity contribution in [1.29, 1.82) is 5.26 Å². The van der Waals surface area contributed by atoms with Gasteiger partial charge in [-0.3, -0.25) is 4.79 Å². The number of hydrogen-bond acceptors (Lipinski definition) is 5. The Morgan fingerprint density at radius 3 is 2.56 bits per heavy atom. The maximum absolute atomic E-state index is 12.7. The van der Waals surface area contributed by atoms with Gasteiger partial charge in [-0.1, -0.05) is 12.1 Å². The van der Waals surface area contributed by atoms with Crippen molar-refractivity contribution in [3.05, 3.63) is 53.6 Å². The first kappa shape index (κ1) is 15.3. The number of carbonyl (C=O) groups is 1. The largest absolute Gasteiger partial charge is 0.454 e. The number of ether oxygens (including phenoxy) is 2. The number of amides is 1. The molecule has 2 aromatic rings. The van der Waals surface area contributed by atoms with E-state index >= 15 is 0 Å². The fraction of sp³-hybridized carbons (Fsp3) is 0.263. The third-order valence-corrected chi connectivity index (χ3v) is 4.55. The lowest BCUT2D eigenvalue weighted by Crippen LogP contribution is -2.49. The van der Waals surface area contributed by atoms with Crippen molar-refractivity contribution in [3.8, 4) is 17.6 Å². The monoisotopic (exact) mass is 335 g/mol. The fourth-order valence-corrected chi connectivity index (χ4v) is 3.21. The molecule has 0 unspecified atom stereocenters. The molecule has 2 aromatic carbocycles. The quantitative estimate of drug-likeness (QED) is 0.842. The van der Waals surface area contributed by atoms with Crippen LogP contribution in [0.2, 0.25) is 0 Å². The summed E-state index contributed by atoms with van der Waals surface area (Å²) in [7, 11) is 0. The van der Waals surface area contributed by atoms with E-state index in [1.54, 1.807) is 18.2 Å². The fourth-order valence-electron chi connectivity index (χ4n) is 3.21. The summed E-state index contributed by atoms with van der Waals surface area (Å²) >= 11 is 0. The van der Waals surface area contributed by atoms with E-state index in [1.165, 1.54) is 0 Å². The van der Waals surface area contributed by atoms with Gasteiger partial charge in [0.15, 0.2) is 11.5 Å². The molecule has 6 nitrogen and oxygen atoms in total. The highest BCUT2D eigenvalue weighted by Crippen LogP contribution is 2.33. The molecule has 2 aliphatic heterocycles. The summed E-state index contributed by atoms with van der Waals surface area (Å²) in [5.41, 5.74) is 2.20. The zero-order chi connectivity index (χ0) is 17.2. The Bertz CT molecular complexity index is 851. The number of nitrogens with zero attached hydrogens (tertiary/aromatic N) is 3. The first-order valence-electron chi connectivity index (χ1n) is 8.19. The van der Waals surface area contributed by atoms with E-state index in [2.05, 4.69) is 11.0 Å². The van der Waals surface area contributed by atoms with Crippen molar-refractivity contribution in [2.45, 2.75) is 0 Å². The maximum atomic E-state index is 12.7. The number of benzene rings is 2. The molecule has 1 amide bonds. The second kappa shape index (κ2) is 6.36. The van der Waals surface area contributed by atoms with Crippen LogP contribution >= 0.6 is 0 Å². The first-order valence-corrected chi connectivity index (χ1v) is 8.19. The van der Waals surface area contributed by atoms with Gasteiger partial charge in [0.05, 0.1) is 11.3 Å². The van der Waals surface area contributed by atoms with Crippen molar-refractivity contribution in [2.24, 2.45) is 0 Å². The van der Waals surface area contributed by atoms with Crippen LogP contribution in [0.1, 0.15) is 15.9 Å². The Kier molecular flexibility index (Phi) is 3.90. The summed E-state index contributed by atoms with van der Waals surface area (Å²) in [6, 6.07) is 15.1. The van der Waals surface area contributed by atoms with Gasteiger partial charge in [0, 0.05) is 31.7 Å². The van der Waals surface area contributed by atoms with Gasteiger partial charge in [-0.15, -0.1) is 0 Å². The summed E-state index contributed by atoms with van der Waals surface area (Å²) in [6.45, 7) is 2.84. The third kappa shape index (κ3) is 2.85. The van der Waals surface area contributed by atoms with Crippen LogP contribution in [-0.4, -0.2) is 43.8 Å². The van der Waals surface area contributed by atoms with Crippen molar-refractivity contribution in [2.75, 3.05) is 37.9 Å². The molecule has 0 saturated carbocycles. The SMILES string of the molecule is N#Cc1ccccc1N1CCN(C(=O)c2ccc3c(c2)OCO3)CC1. The number of para-hydroxylation sites is 1. The average molecular weight is 335 g/mol. The van der Waals surface area contributed by atoms with Crippen LogP contribution in [0.5, 0.6) is 11.5 Å². The minimum Gasteiger partial charge on any atom is -0.454 e. The summed E-state index contributed by atoms with van der Waals surface area (Å²) < 4.78 is 10.6. The second-order valence-corrected chi connectivity index (χ2v) is 5.98. The molecule has 0 atom stereocenters. The number of carbonyl (C=O) groups excluding carboxylic acids is 1. The molecule has 0 spiro atoms. The van der Waals surface area contributed by atoms with E-state index in [1.807, 2.05) is 29.2 Å². The highest BCUT2D eigenvalue weighted by Gasteiger charge is 2.25. The summed E-state index contributed by atoms with van der Waals surface area (Å²) in [6.07, 6.45) is 0. The highest BCUT2D eigenvalue weighted by atomic mass is 16.7. The smallest absolute Gasteiger partial charge is 0.254 e. The van der Waals surface area contributed by atoms with Crippen molar-refractivity contribution in [1.82, 2.24) is 4.90 Å². The Morgan fingerprint density at radius 1 is 1.00 bits per heavy atom. The molecule has 126 valence electrons. The molecule has 25 heavy (non-hydrogen) atoms. The van der Waals surface area contributed by atoms with E-state index < -0.39 is 0 Å². The molecular formula is C19H17N3O3. The normalized spacial score (nSPS) is 15.8. The molecule has 0 aliphatic carbocycles. The van der Waals surface area contributed by atoms with Crippen LogP contribution in [0, 0.1) is 11.3 Å². The van der Waals surface area contributed by atoms with Crippen LogP contribution < -0.4 is 14.4 Å². The number of piperazine rings is 1. The minimum atomic E-state index is -0.00785. The number of anilines is 1. The Hall–Kier alpha value is -3.20. The van der Waals surface area contributed by atoms with E-state index in [4.69, 9.17) is 9.47 Å². The molecular weight excluding hydrogens is 318 g/mol. The molecule has 0 aromatic heterocycles. The number of nitriles is 1. The lowest BCUT2D eigenvalue weighted by atomic mass is 10.1. The zero-order valence-corrected chi connectivity index (χ0v) is 13.6. The van der Waals surface area contributed by atoms with Gasteiger partial charge in [-0.05, 0) is 30.3 Å². The van der Waals surface area contributed by atoms with Crippen LogP contribution in [-0.2, 0) is 0 Å². The third-order valence-electron chi connectivity index (χ3n) is 4.55. The standard InChI is InChI=1S/C19H17N3O3/c20-12-15-3-1-2-4-16(15)21-7-9-22(10-8-21)19(23)14-5-6-17-18(11-14)25-13-24-17/h1-6,11H,7-10,13H2. The maximum Gasteiger partial charge on any atom is 0.254 e. The predicted octanol–water partition coefficient (Wildman–Crippen LogP) is 2.25. The topological polar surface area (TPSA) is 65.8 Å². The molecule has 1 fully saturated rings. The molecule has 6 heteroatoms.